The van der Waals surface area contributed by atoms with Crippen LogP contribution in [-0.4, -0.2) is 28.2 Å². The zero-order chi connectivity index (χ0) is 16.4. The van der Waals surface area contributed by atoms with Gasteiger partial charge in [0.1, 0.15) is 5.78 Å². The summed E-state index contributed by atoms with van der Waals surface area (Å²) in [6.45, 7) is 4.52. The number of ketones is 1. The molecule has 3 nitrogen and oxygen atoms in total. The molecule has 4 aliphatic carbocycles. The molecule has 4 rings (SSSR count). The summed E-state index contributed by atoms with van der Waals surface area (Å²) in [4.78, 5) is 12.5. The molecule has 0 aromatic carbocycles. The van der Waals surface area contributed by atoms with Gasteiger partial charge in [0.2, 0.25) is 0 Å². The van der Waals surface area contributed by atoms with Gasteiger partial charge in [0.15, 0.2) is 0 Å². The van der Waals surface area contributed by atoms with Crippen LogP contribution in [0.1, 0.15) is 65.2 Å². The fourth-order valence-electron chi connectivity index (χ4n) is 6.62. The van der Waals surface area contributed by atoms with Crippen LogP contribution in [0, 0.1) is 28.6 Å². The van der Waals surface area contributed by atoms with Crippen LogP contribution in [0.25, 0.3) is 0 Å². The molecular weight excluding hydrogens is 288 g/mol. The van der Waals surface area contributed by atoms with Crippen LogP contribution in [0.5, 0.6) is 0 Å². The van der Waals surface area contributed by atoms with E-state index in [4.69, 9.17) is 0 Å². The maximum absolute atomic E-state index is 12.5. The lowest BCUT2D eigenvalue weighted by atomic mass is 9.50. The second kappa shape index (κ2) is 5.16. The minimum Gasteiger partial charge on any atom is -0.393 e. The molecule has 3 saturated carbocycles. The van der Waals surface area contributed by atoms with E-state index in [9.17, 15) is 15.0 Å². The Morgan fingerprint density at radius 1 is 1.04 bits per heavy atom. The number of Topliss-reactive ketones (excluding diaryl/α,β-unsaturated/α-hetero) is 1. The van der Waals surface area contributed by atoms with Gasteiger partial charge in [0.25, 0.3) is 0 Å². The van der Waals surface area contributed by atoms with E-state index in [0.717, 1.165) is 38.5 Å². The monoisotopic (exact) mass is 318 g/mol. The quantitative estimate of drug-likeness (QED) is 0.674. The van der Waals surface area contributed by atoms with E-state index < -0.39 is 0 Å². The first-order valence-electron chi connectivity index (χ1n) is 9.45. The van der Waals surface area contributed by atoms with Gasteiger partial charge in [-0.3, -0.25) is 4.79 Å². The third-order valence-electron chi connectivity index (χ3n) is 8.10. The molecule has 23 heavy (non-hydrogen) atoms. The van der Waals surface area contributed by atoms with Crippen molar-refractivity contribution in [1.29, 1.82) is 0 Å². The maximum Gasteiger partial charge on any atom is 0.139 e. The minimum atomic E-state index is -0.331. The highest BCUT2D eigenvalue weighted by Crippen LogP contribution is 2.63. The summed E-state index contributed by atoms with van der Waals surface area (Å²) in [7, 11) is 0. The van der Waals surface area contributed by atoms with E-state index in [-0.39, 0.29) is 29.0 Å². The Balaban J connectivity index is 1.74. The lowest BCUT2D eigenvalue weighted by molar-refractivity contribution is -0.135. The van der Waals surface area contributed by atoms with Crippen molar-refractivity contribution >= 4 is 5.78 Å². The molecule has 4 aliphatic rings. The van der Waals surface area contributed by atoms with Crippen molar-refractivity contribution in [2.45, 2.75) is 77.4 Å². The number of carbonyl (C=O) groups excluding carboxylic acids is 1. The van der Waals surface area contributed by atoms with Crippen molar-refractivity contribution in [1.82, 2.24) is 0 Å². The molecule has 3 unspecified atom stereocenters. The van der Waals surface area contributed by atoms with Gasteiger partial charge in [-0.1, -0.05) is 25.5 Å². The first-order valence-corrected chi connectivity index (χ1v) is 9.45. The Bertz CT molecular complexity index is 553. The molecule has 0 amide bonds. The second-order valence-electron chi connectivity index (χ2n) is 9.05. The largest absolute Gasteiger partial charge is 0.393 e. The molecule has 3 heteroatoms. The Morgan fingerprint density at radius 2 is 1.74 bits per heavy atom. The topological polar surface area (TPSA) is 57.5 Å². The lowest BCUT2D eigenvalue weighted by Gasteiger charge is -2.54. The van der Waals surface area contributed by atoms with Crippen molar-refractivity contribution in [3.63, 3.8) is 0 Å². The van der Waals surface area contributed by atoms with E-state index in [1.54, 1.807) is 0 Å². The second-order valence-corrected chi connectivity index (χ2v) is 9.05. The van der Waals surface area contributed by atoms with Crippen LogP contribution in [0.3, 0.4) is 0 Å². The van der Waals surface area contributed by atoms with Crippen molar-refractivity contribution in [3.8, 4) is 0 Å². The average Bonchev–Trinajstić information content (AvgIpc) is 2.77. The van der Waals surface area contributed by atoms with E-state index in [2.05, 4.69) is 19.9 Å². The van der Waals surface area contributed by atoms with E-state index in [0.29, 0.717) is 30.5 Å². The molecule has 0 bridgehead atoms. The van der Waals surface area contributed by atoms with Gasteiger partial charge >= 0.3 is 0 Å². The van der Waals surface area contributed by atoms with E-state index >= 15 is 0 Å². The molecule has 0 spiro atoms. The van der Waals surface area contributed by atoms with Gasteiger partial charge in [-0.05, 0) is 68.1 Å². The van der Waals surface area contributed by atoms with Gasteiger partial charge < -0.3 is 10.2 Å². The molecule has 7 atom stereocenters. The smallest absolute Gasteiger partial charge is 0.139 e. The summed E-state index contributed by atoms with van der Waals surface area (Å²) >= 11 is 0. The molecular formula is C20H30O3. The number of hydrogen-bond acceptors (Lipinski definition) is 3. The van der Waals surface area contributed by atoms with Gasteiger partial charge in [-0.2, -0.15) is 0 Å². The van der Waals surface area contributed by atoms with Crippen LogP contribution >= 0.6 is 0 Å². The Hall–Kier alpha value is -0.670. The summed E-state index contributed by atoms with van der Waals surface area (Å²) in [5, 5.41) is 21.0. The highest BCUT2D eigenvalue weighted by Gasteiger charge is 2.59. The number of carbonyl (C=O) groups is 1. The molecule has 0 saturated heterocycles. The van der Waals surface area contributed by atoms with Crippen molar-refractivity contribution in [2.75, 3.05) is 0 Å². The Morgan fingerprint density at radius 3 is 2.52 bits per heavy atom. The van der Waals surface area contributed by atoms with E-state index in [1.807, 2.05) is 0 Å². The first kappa shape index (κ1) is 15.8. The first-order chi connectivity index (χ1) is 10.9. The fraction of sp³-hybridized carbons (Fsp3) is 0.850. The normalized spacial score (nSPS) is 53.0. The van der Waals surface area contributed by atoms with E-state index in [1.165, 1.54) is 5.57 Å². The predicted molar refractivity (Wildman–Crippen MR) is 88.7 cm³/mol. The zero-order valence-electron chi connectivity index (χ0n) is 14.4. The van der Waals surface area contributed by atoms with Gasteiger partial charge in [0.05, 0.1) is 12.2 Å². The number of fused-ring (bicyclic) bond motifs is 5. The molecule has 0 heterocycles. The van der Waals surface area contributed by atoms with Crippen LogP contribution in [-0.2, 0) is 4.79 Å². The highest BCUT2D eigenvalue weighted by molar-refractivity contribution is 5.87. The number of rotatable bonds is 0. The van der Waals surface area contributed by atoms with Crippen molar-refractivity contribution < 1.29 is 15.0 Å². The molecule has 0 aromatic heterocycles. The Labute approximate surface area is 139 Å². The van der Waals surface area contributed by atoms with Crippen LogP contribution in [0.15, 0.2) is 11.6 Å². The summed E-state index contributed by atoms with van der Waals surface area (Å²) < 4.78 is 0. The third kappa shape index (κ3) is 2.12. The van der Waals surface area contributed by atoms with Crippen molar-refractivity contribution in [2.24, 2.45) is 28.6 Å². The van der Waals surface area contributed by atoms with Crippen LogP contribution in [0.4, 0.5) is 0 Å². The third-order valence-corrected chi connectivity index (χ3v) is 8.10. The van der Waals surface area contributed by atoms with Crippen LogP contribution < -0.4 is 0 Å². The maximum atomic E-state index is 12.5. The molecule has 3 fully saturated rings. The summed E-state index contributed by atoms with van der Waals surface area (Å²) in [5.74, 6) is 1.48. The summed E-state index contributed by atoms with van der Waals surface area (Å²) in [6, 6.07) is 0. The molecule has 0 aromatic rings. The standard InChI is InChI=1S/C20H30O3/c1-19-9-7-13(21)11-12(19)3-5-16(22)18-14-4-6-17(23)20(14,2)10-8-15(18)19/h3,13-16,18,21-22H,4-11H2,1-2H3/t13-,14?,15?,16-,18?,19-,20-/m0/s1. The number of aliphatic hydroxyl groups is 2. The minimum absolute atomic E-state index is 0.106. The van der Waals surface area contributed by atoms with Gasteiger partial charge in [-0.25, -0.2) is 0 Å². The Kier molecular flexibility index (Phi) is 3.55. The summed E-state index contributed by atoms with van der Waals surface area (Å²) in [6.07, 6.45) is 8.72. The SMILES string of the molecule is C[C@]12CC[C@H](O)CC1=CC[C@H](O)C1C2CC[C@]2(C)C(=O)CCC12. The molecule has 0 aliphatic heterocycles. The number of aliphatic hydroxyl groups excluding tert-OH is 2. The lowest BCUT2D eigenvalue weighted by Crippen LogP contribution is -2.51. The zero-order valence-corrected chi connectivity index (χ0v) is 14.4. The molecule has 128 valence electrons. The van der Waals surface area contributed by atoms with Crippen LogP contribution in [0.2, 0.25) is 0 Å². The highest BCUT2D eigenvalue weighted by atomic mass is 16.3. The average molecular weight is 318 g/mol. The van der Waals surface area contributed by atoms with Gasteiger partial charge in [-0.15, -0.1) is 0 Å². The fourth-order valence-corrected chi connectivity index (χ4v) is 6.62. The van der Waals surface area contributed by atoms with Gasteiger partial charge in [0, 0.05) is 11.8 Å². The number of hydrogen-bond donors (Lipinski definition) is 2. The molecule has 0 radical (unpaired) electrons. The predicted octanol–water partition coefficient (Wildman–Crippen LogP) is 3.24. The van der Waals surface area contributed by atoms with Crippen molar-refractivity contribution in [3.05, 3.63) is 11.6 Å². The summed E-state index contributed by atoms with van der Waals surface area (Å²) in [5.41, 5.74) is 1.28. The molecule has 2 N–H and O–H groups in total.